The Morgan fingerprint density at radius 2 is 1.63 bits per heavy atom. The van der Waals surface area contributed by atoms with Crippen molar-refractivity contribution >= 4 is 36.0 Å². The molecule has 0 radical (unpaired) electrons. The summed E-state index contributed by atoms with van der Waals surface area (Å²) in [5.41, 5.74) is 4.87. The predicted molar refractivity (Wildman–Crippen MR) is 199 cm³/mol. The molecule has 1 aliphatic heterocycles. The minimum absolute atomic E-state index is 0. The van der Waals surface area contributed by atoms with Gasteiger partial charge in [-0.1, -0.05) is 41.9 Å². The fourth-order valence-electron chi connectivity index (χ4n) is 5.53. The Hall–Kier alpha value is -4.96. The van der Waals surface area contributed by atoms with E-state index < -0.39 is 0 Å². The monoisotopic (exact) mass is 728 g/mol. The van der Waals surface area contributed by atoms with E-state index in [0.717, 1.165) is 42.9 Å². The van der Waals surface area contributed by atoms with Crippen LogP contribution in [0.25, 0.3) is 6.08 Å². The molecule has 264 valence electrons. The number of halogens is 3. The van der Waals surface area contributed by atoms with E-state index in [9.17, 15) is 9.18 Å². The first-order chi connectivity index (χ1) is 24.4. The van der Waals surface area contributed by atoms with Gasteiger partial charge in [0, 0.05) is 57.5 Å². The number of amides is 1. The van der Waals surface area contributed by atoms with Gasteiger partial charge >= 0.3 is 0 Å². The van der Waals surface area contributed by atoms with Crippen LogP contribution in [0.15, 0.2) is 109 Å². The van der Waals surface area contributed by atoms with Crippen LogP contribution in [0.3, 0.4) is 0 Å². The molecule has 0 aliphatic carbocycles. The Morgan fingerprint density at radius 1 is 0.882 bits per heavy atom. The highest BCUT2D eigenvalue weighted by atomic mass is 35.5. The van der Waals surface area contributed by atoms with E-state index in [1.54, 1.807) is 54.9 Å². The number of nitrogens with zero attached hydrogens (tertiary/aromatic N) is 4. The summed E-state index contributed by atoms with van der Waals surface area (Å²) < 4.78 is 30.5. The molecule has 1 amide bonds. The zero-order valence-electron chi connectivity index (χ0n) is 28.2. The first kappa shape index (κ1) is 37.3. The first-order valence-corrected chi connectivity index (χ1v) is 16.9. The zero-order chi connectivity index (χ0) is 34.7. The van der Waals surface area contributed by atoms with Gasteiger partial charge in [-0.2, -0.15) is 0 Å². The number of aromatic nitrogens is 2. The maximum absolute atomic E-state index is 13.1. The van der Waals surface area contributed by atoms with Crippen LogP contribution in [0.2, 0.25) is 5.02 Å². The molecule has 3 heterocycles. The maximum Gasteiger partial charge on any atom is 0.246 e. The number of ether oxygens (including phenoxy) is 3. The van der Waals surface area contributed by atoms with Crippen LogP contribution in [0.1, 0.15) is 27.9 Å². The number of pyridine rings is 2. The highest BCUT2D eigenvalue weighted by Crippen LogP contribution is 2.34. The lowest BCUT2D eigenvalue weighted by atomic mass is 10.1. The Balaban J connectivity index is 0.00000504. The normalized spacial score (nSPS) is 13.1. The van der Waals surface area contributed by atoms with Gasteiger partial charge in [0.05, 0.1) is 23.5 Å². The molecular formula is C40H39Cl2FN4O4. The highest BCUT2D eigenvalue weighted by Gasteiger charge is 2.20. The molecule has 8 nitrogen and oxygen atoms in total. The Morgan fingerprint density at radius 3 is 2.31 bits per heavy atom. The van der Waals surface area contributed by atoms with Crippen LogP contribution < -0.4 is 14.2 Å². The van der Waals surface area contributed by atoms with Crippen molar-refractivity contribution in [3.63, 3.8) is 0 Å². The molecule has 2 aromatic heterocycles. The molecule has 0 atom stereocenters. The van der Waals surface area contributed by atoms with Gasteiger partial charge in [0.1, 0.15) is 23.9 Å². The number of piperazine rings is 1. The van der Waals surface area contributed by atoms with Crippen LogP contribution in [0, 0.1) is 12.7 Å². The van der Waals surface area contributed by atoms with Gasteiger partial charge in [0.25, 0.3) is 0 Å². The molecule has 1 aliphatic rings. The zero-order valence-corrected chi connectivity index (χ0v) is 29.8. The largest absolute Gasteiger partial charge is 0.493 e. The molecule has 6 rings (SSSR count). The number of hydrogen-bond donors (Lipinski definition) is 0. The van der Waals surface area contributed by atoms with Gasteiger partial charge in [-0.3, -0.25) is 14.7 Å². The van der Waals surface area contributed by atoms with Crippen LogP contribution >= 0.6 is 24.0 Å². The second kappa shape index (κ2) is 18.3. The fourth-order valence-corrected chi connectivity index (χ4v) is 5.84. The SMILES string of the molecule is Cc1cc(/C=C/C(=O)N2CCN(Cc3ccc(CCOc4ccc(F)cc4)cc3)CC2)cc(Cl)c1Oc1ccc(OCc2ccccn2)cn1.Cl. The van der Waals surface area contributed by atoms with Gasteiger partial charge in [-0.05, 0) is 89.9 Å². The second-order valence-corrected chi connectivity index (χ2v) is 12.4. The molecule has 1 saturated heterocycles. The maximum atomic E-state index is 13.1. The topological polar surface area (TPSA) is 77.0 Å². The molecular weight excluding hydrogens is 690 g/mol. The second-order valence-electron chi connectivity index (χ2n) is 12.0. The Labute approximate surface area is 308 Å². The smallest absolute Gasteiger partial charge is 0.246 e. The van der Waals surface area contributed by atoms with E-state index in [1.165, 1.54) is 23.3 Å². The van der Waals surface area contributed by atoms with Crippen molar-refractivity contribution in [3.8, 4) is 23.1 Å². The summed E-state index contributed by atoms with van der Waals surface area (Å²) in [7, 11) is 0. The minimum Gasteiger partial charge on any atom is -0.493 e. The number of aryl methyl sites for hydroxylation is 1. The number of rotatable bonds is 13. The molecule has 0 spiro atoms. The summed E-state index contributed by atoms with van der Waals surface area (Å²) in [5.74, 6) is 1.86. The van der Waals surface area contributed by atoms with E-state index in [4.69, 9.17) is 25.8 Å². The molecule has 0 bridgehead atoms. The van der Waals surface area contributed by atoms with Crippen LogP contribution in [0.5, 0.6) is 23.1 Å². The number of benzene rings is 3. The third kappa shape index (κ3) is 11.0. The van der Waals surface area contributed by atoms with E-state index in [-0.39, 0.29) is 24.1 Å². The van der Waals surface area contributed by atoms with E-state index in [1.807, 2.05) is 36.1 Å². The number of carbonyl (C=O) groups excluding carboxylic acids is 1. The van der Waals surface area contributed by atoms with Gasteiger partial charge in [-0.15, -0.1) is 12.4 Å². The van der Waals surface area contributed by atoms with Crippen molar-refractivity contribution in [2.75, 3.05) is 32.8 Å². The first-order valence-electron chi connectivity index (χ1n) is 16.5. The van der Waals surface area contributed by atoms with Crippen LogP contribution in [-0.2, 0) is 24.4 Å². The molecule has 0 N–H and O–H groups in total. The molecule has 51 heavy (non-hydrogen) atoms. The molecule has 3 aromatic carbocycles. The summed E-state index contributed by atoms with van der Waals surface area (Å²) in [5, 5.41) is 0.425. The Kier molecular flexibility index (Phi) is 13.4. The third-order valence-corrected chi connectivity index (χ3v) is 8.57. The molecule has 5 aromatic rings. The third-order valence-electron chi connectivity index (χ3n) is 8.28. The van der Waals surface area contributed by atoms with Crippen molar-refractivity contribution in [3.05, 3.63) is 148 Å². The summed E-state index contributed by atoms with van der Waals surface area (Å²) in [6.07, 6.45) is 7.48. The molecule has 1 fully saturated rings. The quantitative estimate of drug-likeness (QED) is 0.113. The fraction of sp³-hybridized carbons (Fsp3) is 0.225. The molecule has 0 saturated carbocycles. The summed E-state index contributed by atoms with van der Waals surface area (Å²) in [6.45, 7) is 6.53. The van der Waals surface area contributed by atoms with E-state index >= 15 is 0 Å². The van der Waals surface area contributed by atoms with Crippen molar-refractivity contribution in [1.29, 1.82) is 0 Å². The van der Waals surface area contributed by atoms with Crippen LogP contribution in [-0.4, -0.2) is 58.5 Å². The summed E-state index contributed by atoms with van der Waals surface area (Å²) >= 11 is 6.60. The van der Waals surface area contributed by atoms with Gasteiger partial charge in [-0.25, -0.2) is 9.37 Å². The van der Waals surface area contributed by atoms with E-state index in [2.05, 4.69) is 39.1 Å². The predicted octanol–water partition coefficient (Wildman–Crippen LogP) is 8.35. The molecule has 11 heteroatoms. The Bertz CT molecular complexity index is 1860. The number of carbonyl (C=O) groups is 1. The van der Waals surface area contributed by atoms with Crippen molar-refractivity contribution < 1.29 is 23.4 Å². The van der Waals surface area contributed by atoms with Gasteiger partial charge in [0.15, 0.2) is 5.75 Å². The van der Waals surface area contributed by atoms with Crippen LogP contribution in [0.4, 0.5) is 4.39 Å². The van der Waals surface area contributed by atoms with Gasteiger partial charge in [0.2, 0.25) is 11.8 Å². The average Bonchev–Trinajstić information content (AvgIpc) is 3.14. The molecule has 0 unspecified atom stereocenters. The lowest BCUT2D eigenvalue weighted by Crippen LogP contribution is -2.47. The van der Waals surface area contributed by atoms with Crippen molar-refractivity contribution in [1.82, 2.24) is 19.8 Å². The minimum atomic E-state index is -0.273. The van der Waals surface area contributed by atoms with Gasteiger partial charge < -0.3 is 19.1 Å². The average molecular weight is 730 g/mol. The van der Waals surface area contributed by atoms with Crippen molar-refractivity contribution in [2.45, 2.75) is 26.5 Å². The van der Waals surface area contributed by atoms with Crippen molar-refractivity contribution in [2.24, 2.45) is 0 Å². The number of hydrogen-bond acceptors (Lipinski definition) is 7. The lowest BCUT2D eigenvalue weighted by Gasteiger charge is -2.34. The summed E-state index contributed by atoms with van der Waals surface area (Å²) in [6, 6.07) is 27.5. The highest BCUT2D eigenvalue weighted by molar-refractivity contribution is 6.32. The standard InChI is InChI=1S/C40H38ClFN4O4.ClH/c1-29-24-32(25-37(41)40(29)50-38-15-14-36(26-44-38)49-28-34-4-2-3-18-43-34)9-16-39(47)46-21-19-45(20-22-46)27-31-7-5-30(6-8-31)17-23-48-35-12-10-33(42)11-13-35;/h2-16,18,24-26H,17,19-23,27-28H2,1H3;1H/b16-9+;. The van der Waals surface area contributed by atoms with E-state index in [0.29, 0.717) is 54.5 Å². The summed E-state index contributed by atoms with van der Waals surface area (Å²) in [4.78, 5) is 25.8. The lowest BCUT2D eigenvalue weighted by molar-refractivity contribution is -0.127.